The van der Waals surface area contributed by atoms with Crippen LogP contribution in [0.3, 0.4) is 0 Å². The van der Waals surface area contributed by atoms with Crippen molar-refractivity contribution in [2.75, 3.05) is 18.4 Å². The largest absolute Gasteiger partial charge is 0.471 e. The van der Waals surface area contributed by atoms with Crippen molar-refractivity contribution < 1.29 is 22.8 Å². The standard InChI is InChI=1S/C16H16F3N3O2/c17-16(18,19)15(24)22-8-5-11(6-9-22)14(23)21-12-3-1-2-10-4-7-20-13(10)12/h1-4,7,11,20H,5-6,8-9H2,(H,21,23). The smallest absolute Gasteiger partial charge is 0.359 e. The van der Waals surface area contributed by atoms with E-state index in [-0.39, 0.29) is 31.8 Å². The average molecular weight is 339 g/mol. The fraction of sp³-hybridized carbons (Fsp3) is 0.375. The summed E-state index contributed by atoms with van der Waals surface area (Å²) >= 11 is 0. The first-order chi connectivity index (χ1) is 11.4. The summed E-state index contributed by atoms with van der Waals surface area (Å²) in [6, 6.07) is 7.37. The van der Waals surface area contributed by atoms with Crippen LogP contribution in [0.1, 0.15) is 12.8 Å². The van der Waals surface area contributed by atoms with Gasteiger partial charge in [-0.25, -0.2) is 0 Å². The van der Waals surface area contributed by atoms with E-state index in [1.807, 2.05) is 18.2 Å². The van der Waals surface area contributed by atoms with Crippen molar-refractivity contribution in [3.63, 3.8) is 0 Å². The number of fused-ring (bicyclic) bond motifs is 1. The lowest BCUT2D eigenvalue weighted by molar-refractivity contribution is -0.186. The molecule has 24 heavy (non-hydrogen) atoms. The highest BCUT2D eigenvalue weighted by atomic mass is 19.4. The Morgan fingerprint density at radius 1 is 1.17 bits per heavy atom. The highest BCUT2D eigenvalue weighted by Gasteiger charge is 2.43. The number of para-hydroxylation sites is 1. The number of piperidine rings is 1. The maximum Gasteiger partial charge on any atom is 0.471 e. The molecule has 0 radical (unpaired) electrons. The van der Waals surface area contributed by atoms with Gasteiger partial charge in [-0.05, 0) is 25.0 Å². The number of alkyl halides is 3. The molecule has 0 bridgehead atoms. The number of rotatable bonds is 2. The van der Waals surface area contributed by atoms with Gasteiger partial charge in [-0.3, -0.25) is 9.59 Å². The topological polar surface area (TPSA) is 65.2 Å². The summed E-state index contributed by atoms with van der Waals surface area (Å²) in [5.41, 5.74) is 1.44. The Morgan fingerprint density at radius 3 is 2.54 bits per heavy atom. The first-order valence-corrected chi connectivity index (χ1v) is 7.59. The Labute approximate surface area is 135 Å². The van der Waals surface area contributed by atoms with Gasteiger partial charge in [-0.1, -0.05) is 12.1 Å². The van der Waals surface area contributed by atoms with E-state index in [9.17, 15) is 22.8 Å². The van der Waals surface area contributed by atoms with Crippen LogP contribution in [0.15, 0.2) is 30.5 Å². The molecule has 0 atom stereocenters. The summed E-state index contributed by atoms with van der Waals surface area (Å²) in [4.78, 5) is 27.4. The molecular formula is C16H16F3N3O2. The van der Waals surface area contributed by atoms with Crippen LogP contribution < -0.4 is 5.32 Å². The van der Waals surface area contributed by atoms with Gasteiger partial charge in [-0.15, -0.1) is 0 Å². The number of likely N-dealkylation sites (tertiary alicyclic amines) is 1. The van der Waals surface area contributed by atoms with Gasteiger partial charge in [0.25, 0.3) is 0 Å². The number of anilines is 1. The number of halogens is 3. The molecule has 2 aromatic rings. The Kier molecular flexibility index (Phi) is 4.21. The summed E-state index contributed by atoms with van der Waals surface area (Å²) in [7, 11) is 0. The van der Waals surface area contributed by atoms with Crippen molar-refractivity contribution in [2.24, 2.45) is 5.92 Å². The SMILES string of the molecule is O=C(Nc1cccc2cc[nH]c12)C1CCN(C(=O)C(F)(F)F)CC1. The highest BCUT2D eigenvalue weighted by molar-refractivity contribution is 6.01. The molecule has 0 aliphatic carbocycles. The van der Waals surface area contributed by atoms with E-state index in [2.05, 4.69) is 10.3 Å². The lowest BCUT2D eigenvalue weighted by Gasteiger charge is -2.31. The number of aromatic nitrogens is 1. The number of hydrogen-bond donors (Lipinski definition) is 2. The molecule has 0 spiro atoms. The molecule has 128 valence electrons. The van der Waals surface area contributed by atoms with Crippen LogP contribution in [0.25, 0.3) is 10.9 Å². The third-order valence-corrected chi connectivity index (χ3v) is 4.24. The lowest BCUT2D eigenvalue weighted by Crippen LogP contribution is -2.46. The number of amides is 2. The number of H-pyrrole nitrogens is 1. The molecule has 0 unspecified atom stereocenters. The van der Waals surface area contributed by atoms with Gasteiger partial charge in [0.1, 0.15) is 0 Å². The van der Waals surface area contributed by atoms with Gasteiger partial charge in [0.2, 0.25) is 5.91 Å². The van der Waals surface area contributed by atoms with Crippen LogP contribution in [-0.4, -0.2) is 41.0 Å². The molecule has 1 saturated heterocycles. The molecule has 2 heterocycles. The number of carbonyl (C=O) groups excluding carboxylic acids is 2. The van der Waals surface area contributed by atoms with E-state index in [4.69, 9.17) is 0 Å². The number of benzene rings is 1. The zero-order chi connectivity index (χ0) is 17.3. The van der Waals surface area contributed by atoms with Crippen LogP contribution >= 0.6 is 0 Å². The minimum atomic E-state index is -4.86. The molecule has 0 saturated carbocycles. The second-order valence-electron chi connectivity index (χ2n) is 5.80. The predicted octanol–water partition coefficient (Wildman–Crippen LogP) is 2.91. The minimum Gasteiger partial charge on any atom is -0.359 e. The number of carbonyl (C=O) groups is 2. The zero-order valence-electron chi connectivity index (χ0n) is 12.7. The number of hydrogen-bond acceptors (Lipinski definition) is 2. The van der Waals surface area contributed by atoms with Crippen molar-refractivity contribution in [1.82, 2.24) is 9.88 Å². The molecule has 8 heteroatoms. The minimum absolute atomic E-state index is 0.0663. The lowest BCUT2D eigenvalue weighted by atomic mass is 9.95. The Bertz CT molecular complexity index is 761. The Hall–Kier alpha value is -2.51. The van der Waals surface area contributed by atoms with Gasteiger partial charge in [0.05, 0.1) is 11.2 Å². The second-order valence-corrected chi connectivity index (χ2v) is 5.80. The molecule has 2 N–H and O–H groups in total. The van der Waals surface area contributed by atoms with Gasteiger partial charge in [0, 0.05) is 30.6 Å². The van der Waals surface area contributed by atoms with E-state index in [1.165, 1.54) is 0 Å². The molecule has 1 aromatic carbocycles. The molecule has 1 aliphatic heterocycles. The molecule has 3 rings (SSSR count). The van der Waals surface area contributed by atoms with E-state index < -0.39 is 18.0 Å². The third kappa shape index (κ3) is 3.22. The molecule has 2 amide bonds. The van der Waals surface area contributed by atoms with E-state index in [0.717, 1.165) is 15.8 Å². The summed E-state index contributed by atoms with van der Waals surface area (Å²) in [5.74, 6) is -2.48. The molecule has 5 nitrogen and oxygen atoms in total. The maximum atomic E-state index is 12.4. The Balaban J connectivity index is 1.62. The van der Waals surface area contributed by atoms with Crippen LogP contribution in [0.5, 0.6) is 0 Å². The first kappa shape index (κ1) is 16.4. The summed E-state index contributed by atoms with van der Waals surface area (Å²) < 4.78 is 37.3. The van der Waals surface area contributed by atoms with Gasteiger partial charge in [0.15, 0.2) is 0 Å². The normalized spacial score (nSPS) is 16.4. The highest BCUT2D eigenvalue weighted by Crippen LogP contribution is 2.26. The first-order valence-electron chi connectivity index (χ1n) is 7.59. The molecule has 1 aliphatic rings. The monoisotopic (exact) mass is 339 g/mol. The maximum absolute atomic E-state index is 12.4. The van der Waals surface area contributed by atoms with Crippen LogP contribution in [-0.2, 0) is 9.59 Å². The molecule has 1 fully saturated rings. The van der Waals surface area contributed by atoms with Gasteiger partial charge < -0.3 is 15.2 Å². The second kappa shape index (κ2) is 6.18. The van der Waals surface area contributed by atoms with E-state index in [0.29, 0.717) is 5.69 Å². The van der Waals surface area contributed by atoms with Gasteiger partial charge >= 0.3 is 12.1 Å². The van der Waals surface area contributed by atoms with E-state index in [1.54, 1.807) is 12.3 Å². The number of nitrogens with one attached hydrogen (secondary N) is 2. The van der Waals surface area contributed by atoms with Crippen LogP contribution in [0.2, 0.25) is 0 Å². The van der Waals surface area contributed by atoms with Crippen molar-refractivity contribution >= 4 is 28.4 Å². The summed E-state index contributed by atoms with van der Waals surface area (Å²) in [5, 5.41) is 3.78. The molecular weight excluding hydrogens is 323 g/mol. The fourth-order valence-corrected chi connectivity index (χ4v) is 2.95. The third-order valence-electron chi connectivity index (χ3n) is 4.24. The quantitative estimate of drug-likeness (QED) is 0.884. The predicted molar refractivity (Wildman–Crippen MR) is 82.3 cm³/mol. The van der Waals surface area contributed by atoms with Crippen molar-refractivity contribution in [2.45, 2.75) is 19.0 Å². The number of nitrogens with zero attached hydrogens (tertiary/aromatic N) is 1. The van der Waals surface area contributed by atoms with Crippen molar-refractivity contribution in [3.05, 3.63) is 30.5 Å². The zero-order valence-corrected chi connectivity index (χ0v) is 12.7. The van der Waals surface area contributed by atoms with E-state index >= 15 is 0 Å². The van der Waals surface area contributed by atoms with Crippen molar-refractivity contribution in [3.8, 4) is 0 Å². The van der Waals surface area contributed by atoms with Crippen LogP contribution in [0.4, 0.5) is 18.9 Å². The average Bonchev–Trinajstić information content (AvgIpc) is 3.03. The fourth-order valence-electron chi connectivity index (χ4n) is 2.95. The van der Waals surface area contributed by atoms with Gasteiger partial charge in [-0.2, -0.15) is 13.2 Å². The summed E-state index contributed by atoms with van der Waals surface area (Å²) in [6.45, 7) is -0.133. The Morgan fingerprint density at radius 2 is 1.88 bits per heavy atom. The number of aromatic amines is 1. The van der Waals surface area contributed by atoms with Crippen molar-refractivity contribution in [1.29, 1.82) is 0 Å². The molecule has 1 aromatic heterocycles. The summed E-state index contributed by atoms with van der Waals surface area (Å²) in [6.07, 6.45) is -2.66. The van der Waals surface area contributed by atoms with Crippen LogP contribution in [0, 0.1) is 5.92 Å².